The maximum absolute atomic E-state index is 12.3. The Morgan fingerprint density at radius 3 is 2.46 bits per heavy atom. The Hall–Kier alpha value is -2.70. The topological polar surface area (TPSA) is 60.3 Å². The molecule has 0 atom stereocenters. The molecule has 0 amide bonds. The van der Waals surface area contributed by atoms with Crippen LogP contribution in [0.15, 0.2) is 59.7 Å². The summed E-state index contributed by atoms with van der Waals surface area (Å²) in [7, 11) is 4.09. The fraction of sp³-hybridized carbons (Fsp3) is 0.286. The monoisotopic (exact) mass is 398 g/mol. The molecule has 146 valence electrons. The van der Waals surface area contributed by atoms with Crippen molar-refractivity contribution in [2.24, 2.45) is 0 Å². The van der Waals surface area contributed by atoms with E-state index < -0.39 is 0 Å². The number of pyridine rings is 1. The highest BCUT2D eigenvalue weighted by Gasteiger charge is 2.04. The first-order chi connectivity index (χ1) is 13.5. The van der Waals surface area contributed by atoms with Gasteiger partial charge in [-0.3, -0.25) is 9.78 Å². The standard InChI is InChI=1S/C21H23ClN4O2/c1-25(2)14-17-5-3-16(4-6-17)9-10-26-21(27)11-20(13-24-26)28-15-19-8-7-18(22)12-23-19/h3-8,11-13H,9-10,14-15H2,1-2H3. The highest BCUT2D eigenvalue weighted by molar-refractivity contribution is 6.30. The average Bonchev–Trinajstić information content (AvgIpc) is 2.67. The fourth-order valence-corrected chi connectivity index (χ4v) is 2.84. The maximum Gasteiger partial charge on any atom is 0.270 e. The van der Waals surface area contributed by atoms with Crippen LogP contribution in [0.1, 0.15) is 16.8 Å². The molecule has 1 aromatic carbocycles. The van der Waals surface area contributed by atoms with Crippen LogP contribution in [0.4, 0.5) is 0 Å². The number of hydrogen-bond acceptors (Lipinski definition) is 5. The summed E-state index contributed by atoms with van der Waals surface area (Å²) >= 11 is 5.81. The largest absolute Gasteiger partial charge is 0.485 e. The number of benzene rings is 1. The van der Waals surface area contributed by atoms with Crippen molar-refractivity contribution >= 4 is 11.6 Å². The van der Waals surface area contributed by atoms with E-state index in [1.165, 1.54) is 21.9 Å². The molecule has 0 aliphatic heterocycles. The van der Waals surface area contributed by atoms with Gasteiger partial charge < -0.3 is 9.64 Å². The Labute approximate surface area is 169 Å². The van der Waals surface area contributed by atoms with Gasteiger partial charge in [-0.15, -0.1) is 0 Å². The Balaban J connectivity index is 1.55. The van der Waals surface area contributed by atoms with Crippen molar-refractivity contribution in [1.29, 1.82) is 0 Å². The summed E-state index contributed by atoms with van der Waals surface area (Å²) in [5.41, 5.74) is 2.98. The first-order valence-corrected chi connectivity index (χ1v) is 9.40. The molecule has 0 spiro atoms. The molecule has 0 bridgehead atoms. The van der Waals surface area contributed by atoms with E-state index in [1.54, 1.807) is 24.5 Å². The van der Waals surface area contributed by atoms with Crippen LogP contribution in [0.5, 0.6) is 5.75 Å². The van der Waals surface area contributed by atoms with Crippen molar-refractivity contribution in [3.05, 3.63) is 87.1 Å². The zero-order valence-electron chi connectivity index (χ0n) is 16.0. The lowest BCUT2D eigenvalue weighted by Gasteiger charge is -2.10. The number of aromatic nitrogens is 3. The quantitative estimate of drug-likeness (QED) is 0.583. The molecule has 2 heterocycles. The second kappa shape index (κ2) is 9.48. The normalized spacial score (nSPS) is 11.0. The van der Waals surface area contributed by atoms with Gasteiger partial charge in [-0.1, -0.05) is 35.9 Å². The zero-order valence-corrected chi connectivity index (χ0v) is 16.8. The van der Waals surface area contributed by atoms with Gasteiger partial charge in [0.25, 0.3) is 5.56 Å². The molecule has 0 saturated carbocycles. The van der Waals surface area contributed by atoms with E-state index in [9.17, 15) is 4.79 Å². The summed E-state index contributed by atoms with van der Waals surface area (Å²) in [6, 6.07) is 13.4. The molecule has 6 nitrogen and oxygen atoms in total. The minimum Gasteiger partial charge on any atom is -0.485 e. The van der Waals surface area contributed by atoms with E-state index in [2.05, 4.69) is 39.2 Å². The smallest absolute Gasteiger partial charge is 0.270 e. The Morgan fingerprint density at radius 2 is 1.82 bits per heavy atom. The van der Waals surface area contributed by atoms with Crippen LogP contribution in [0, 0.1) is 0 Å². The molecule has 28 heavy (non-hydrogen) atoms. The molecule has 0 aliphatic carbocycles. The van der Waals surface area contributed by atoms with Gasteiger partial charge in [0, 0.05) is 25.4 Å². The zero-order chi connectivity index (χ0) is 19.9. The fourth-order valence-electron chi connectivity index (χ4n) is 2.72. The van der Waals surface area contributed by atoms with Crippen molar-refractivity contribution in [2.45, 2.75) is 26.1 Å². The molecule has 3 aromatic rings. The molecule has 0 aliphatic rings. The third-order valence-corrected chi connectivity index (χ3v) is 4.38. The minimum absolute atomic E-state index is 0.189. The van der Waals surface area contributed by atoms with Crippen LogP contribution in [0.25, 0.3) is 0 Å². The van der Waals surface area contributed by atoms with Crippen LogP contribution in [0.3, 0.4) is 0 Å². The lowest BCUT2D eigenvalue weighted by molar-refractivity contribution is 0.297. The molecule has 7 heteroatoms. The van der Waals surface area contributed by atoms with Gasteiger partial charge in [-0.25, -0.2) is 4.68 Å². The number of nitrogens with zero attached hydrogens (tertiary/aromatic N) is 4. The predicted molar refractivity (Wildman–Crippen MR) is 110 cm³/mol. The third kappa shape index (κ3) is 5.90. The first-order valence-electron chi connectivity index (χ1n) is 9.02. The average molecular weight is 399 g/mol. The highest BCUT2D eigenvalue weighted by Crippen LogP contribution is 2.11. The van der Waals surface area contributed by atoms with Crippen LogP contribution in [-0.2, 0) is 26.1 Å². The van der Waals surface area contributed by atoms with Gasteiger partial charge in [0.2, 0.25) is 0 Å². The van der Waals surface area contributed by atoms with E-state index in [0.717, 1.165) is 18.7 Å². The molecule has 0 N–H and O–H groups in total. The van der Waals surface area contributed by atoms with Gasteiger partial charge in [-0.2, -0.15) is 5.10 Å². The van der Waals surface area contributed by atoms with E-state index in [-0.39, 0.29) is 12.2 Å². The van der Waals surface area contributed by atoms with E-state index in [4.69, 9.17) is 16.3 Å². The lowest BCUT2D eigenvalue weighted by Crippen LogP contribution is -2.23. The predicted octanol–water partition coefficient (Wildman–Crippen LogP) is 3.18. The van der Waals surface area contributed by atoms with E-state index >= 15 is 0 Å². The Kier molecular flexibility index (Phi) is 6.79. The van der Waals surface area contributed by atoms with Crippen LogP contribution in [-0.4, -0.2) is 33.8 Å². The van der Waals surface area contributed by atoms with Gasteiger partial charge >= 0.3 is 0 Å². The summed E-state index contributed by atoms with van der Waals surface area (Å²) in [6.07, 6.45) is 3.85. The van der Waals surface area contributed by atoms with E-state index in [1.807, 2.05) is 14.1 Å². The highest BCUT2D eigenvalue weighted by atomic mass is 35.5. The van der Waals surface area contributed by atoms with Crippen molar-refractivity contribution in [3.63, 3.8) is 0 Å². The van der Waals surface area contributed by atoms with Crippen LogP contribution >= 0.6 is 11.6 Å². The second-order valence-electron chi connectivity index (χ2n) is 6.81. The van der Waals surface area contributed by atoms with E-state index in [0.29, 0.717) is 17.3 Å². The van der Waals surface area contributed by atoms with Crippen LogP contribution < -0.4 is 10.3 Å². The molecular formula is C21H23ClN4O2. The number of aryl methyl sites for hydroxylation is 2. The molecule has 0 saturated heterocycles. The summed E-state index contributed by atoms with van der Waals surface area (Å²) < 4.78 is 7.04. The van der Waals surface area contributed by atoms with Crippen molar-refractivity contribution in [2.75, 3.05) is 14.1 Å². The summed E-state index contributed by atoms with van der Waals surface area (Å²) in [5.74, 6) is 0.422. The molecule has 2 aromatic heterocycles. The second-order valence-corrected chi connectivity index (χ2v) is 7.25. The number of rotatable bonds is 8. The number of halogens is 1. The molecule has 0 unspecified atom stereocenters. The number of ether oxygens (including phenoxy) is 1. The van der Waals surface area contributed by atoms with Crippen LogP contribution in [0.2, 0.25) is 5.02 Å². The van der Waals surface area contributed by atoms with Gasteiger partial charge in [0.15, 0.2) is 0 Å². The van der Waals surface area contributed by atoms with Crippen molar-refractivity contribution in [1.82, 2.24) is 19.7 Å². The lowest BCUT2D eigenvalue weighted by atomic mass is 10.1. The maximum atomic E-state index is 12.3. The number of hydrogen-bond donors (Lipinski definition) is 0. The minimum atomic E-state index is -0.189. The third-order valence-electron chi connectivity index (χ3n) is 4.15. The summed E-state index contributed by atoms with van der Waals surface area (Å²) in [5, 5.41) is 4.78. The molecule has 0 fully saturated rings. The Bertz CT molecular complexity index is 953. The SMILES string of the molecule is CN(C)Cc1ccc(CCn2ncc(OCc3ccc(Cl)cn3)cc2=O)cc1. The van der Waals surface area contributed by atoms with Gasteiger partial charge in [-0.05, 0) is 43.8 Å². The Morgan fingerprint density at radius 1 is 1.07 bits per heavy atom. The first kappa shape index (κ1) is 20.0. The van der Waals surface area contributed by atoms with Crippen molar-refractivity contribution < 1.29 is 4.74 Å². The van der Waals surface area contributed by atoms with Gasteiger partial charge in [0.1, 0.15) is 12.4 Å². The van der Waals surface area contributed by atoms with Crippen molar-refractivity contribution in [3.8, 4) is 5.75 Å². The summed E-state index contributed by atoms with van der Waals surface area (Å²) in [4.78, 5) is 18.6. The molecular weight excluding hydrogens is 376 g/mol. The molecule has 3 rings (SSSR count). The summed E-state index contributed by atoms with van der Waals surface area (Å²) in [6.45, 7) is 1.68. The molecule has 0 radical (unpaired) electrons. The van der Waals surface area contributed by atoms with Gasteiger partial charge in [0.05, 0.1) is 16.9 Å².